The molecule has 102 valence electrons. The number of rotatable bonds is 3. The molecule has 0 atom stereocenters. The third kappa shape index (κ3) is 2.30. The number of sulfonamides is 1. The van der Waals surface area contributed by atoms with Crippen LogP contribution in [0.4, 0.5) is 17.6 Å². The van der Waals surface area contributed by atoms with Crippen molar-refractivity contribution in [2.45, 2.75) is 4.90 Å². The van der Waals surface area contributed by atoms with Crippen molar-refractivity contribution in [1.82, 2.24) is 0 Å². The Bertz CT molecular complexity index is 697. The van der Waals surface area contributed by atoms with Crippen molar-refractivity contribution in [2.75, 3.05) is 0 Å². The minimum Gasteiger partial charge on any atom is -0.477 e. The number of hydrogen-bond donors (Lipinski definition) is 1. The van der Waals surface area contributed by atoms with Gasteiger partial charge in [-0.3, -0.25) is 0 Å². The third-order valence-electron chi connectivity index (χ3n) is 1.84. The molecule has 0 heterocycles. The molecule has 1 rings (SSSR count). The second-order valence-corrected chi connectivity index (χ2v) is 4.43. The lowest BCUT2D eigenvalue weighted by Gasteiger charge is -2.07. The van der Waals surface area contributed by atoms with Crippen LogP contribution in [-0.2, 0) is 10.0 Å². The van der Waals surface area contributed by atoms with Crippen LogP contribution in [0.3, 0.4) is 0 Å². The molecule has 0 fully saturated rings. The van der Waals surface area contributed by atoms with Gasteiger partial charge >= 0.3 is 5.97 Å². The molecule has 0 bridgehead atoms. The van der Waals surface area contributed by atoms with Crippen molar-refractivity contribution in [1.29, 1.82) is 0 Å². The molecule has 0 aliphatic heterocycles. The van der Waals surface area contributed by atoms with E-state index in [1.165, 1.54) is 0 Å². The third-order valence-corrected chi connectivity index (χ3v) is 3.00. The molecule has 0 unspecified atom stereocenters. The van der Waals surface area contributed by atoms with Crippen molar-refractivity contribution in [2.24, 2.45) is 4.52 Å². The summed E-state index contributed by atoms with van der Waals surface area (Å²) in [6, 6.07) is 0. The maximum Gasteiger partial charge on any atom is 0.341 e. The van der Waals surface area contributed by atoms with Gasteiger partial charge in [0, 0.05) is 9.43 Å². The topological polar surface area (TPSA) is 120 Å². The lowest BCUT2D eigenvalue weighted by molar-refractivity contribution is 0.0682. The smallest absolute Gasteiger partial charge is 0.341 e. The van der Waals surface area contributed by atoms with Crippen LogP contribution in [0, 0.1) is 23.3 Å². The van der Waals surface area contributed by atoms with Gasteiger partial charge in [0.25, 0.3) is 10.0 Å². The zero-order chi connectivity index (χ0) is 15.0. The predicted octanol–water partition coefficient (Wildman–Crippen LogP) is 1.94. The van der Waals surface area contributed by atoms with Gasteiger partial charge < -0.3 is 5.11 Å². The highest BCUT2D eigenvalue weighted by atomic mass is 32.2. The van der Waals surface area contributed by atoms with E-state index in [-0.39, 0.29) is 0 Å². The first-order valence-electron chi connectivity index (χ1n) is 4.05. The molecule has 1 aromatic rings. The predicted molar refractivity (Wildman–Crippen MR) is 49.6 cm³/mol. The molecule has 0 spiro atoms. The zero-order valence-electron chi connectivity index (χ0n) is 8.43. The summed E-state index contributed by atoms with van der Waals surface area (Å²) < 4.78 is 77.0. The summed E-state index contributed by atoms with van der Waals surface area (Å²) >= 11 is 0. The summed E-state index contributed by atoms with van der Waals surface area (Å²) in [5.74, 6) is -12.2. The molecule has 1 N–H and O–H groups in total. The van der Waals surface area contributed by atoms with Gasteiger partial charge in [-0.25, -0.2) is 30.8 Å². The average molecular weight is 299 g/mol. The number of benzene rings is 1. The fourth-order valence-electron chi connectivity index (χ4n) is 1.11. The van der Waals surface area contributed by atoms with E-state index in [1.807, 2.05) is 4.52 Å². The number of carboxylic acid groups (broad SMARTS) is 1. The molecule has 0 amide bonds. The van der Waals surface area contributed by atoms with Crippen LogP contribution in [0.2, 0.25) is 0 Å². The summed E-state index contributed by atoms with van der Waals surface area (Å²) in [4.78, 5) is 9.91. The normalized spacial score (nSPS) is 10.9. The van der Waals surface area contributed by atoms with E-state index in [2.05, 4.69) is 0 Å². The van der Waals surface area contributed by atoms with Crippen molar-refractivity contribution in [3.8, 4) is 0 Å². The van der Waals surface area contributed by atoms with Crippen LogP contribution in [0.15, 0.2) is 9.42 Å². The molecule has 0 saturated heterocycles. The Balaban J connectivity index is 3.93. The van der Waals surface area contributed by atoms with Gasteiger partial charge in [0.05, 0.1) is 0 Å². The highest BCUT2D eigenvalue weighted by Crippen LogP contribution is 2.28. The van der Waals surface area contributed by atoms with Crippen LogP contribution >= 0.6 is 0 Å². The molecule has 0 aliphatic rings. The Morgan fingerprint density at radius 1 is 1.11 bits per heavy atom. The SMILES string of the molecule is [N-]=[N+]=NS(=O)(=O)c1c(F)c(F)c(C(=O)O)c(F)c1F. The van der Waals surface area contributed by atoms with E-state index in [1.54, 1.807) is 4.91 Å². The lowest BCUT2D eigenvalue weighted by Crippen LogP contribution is -2.15. The summed E-state index contributed by atoms with van der Waals surface area (Å²) in [7, 11) is -5.37. The highest BCUT2D eigenvalue weighted by Gasteiger charge is 2.34. The first-order chi connectivity index (χ1) is 8.65. The van der Waals surface area contributed by atoms with E-state index in [9.17, 15) is 30.8 Å². The minimum absolute atomic E-state index is 1.73. The van der Waals surface area contributed by atoms with Gasteiger partial charge in [0.1, 0.15) is 5.56 Å². The number of nitrogens with zero attached hydrogens (tertiary/aromatic N) is 3. The minimum atomic E-state index is -5.37. The number of azide groups is 1. The van der Waals surface area contributed by atoms with Crippen LogP contribution in [0.1, 0.15) is 10.4 Å². The quantitative estimate of drug-likeness (QED) is 0.301. The molecule has 7 nitrogen and oxygen atoms in total. The molecule has 0 saturated carbocycles. The fraction of sp³-hybridized carbons (Fsp3) is 0. The van der Waals surface area contributed by atoms with Gasteiger partial charge in [-0.2, -0.15) is 0 Å². The summed E-state index contributed by atoms with van der Waals surface area (Å²) in [5, 5.41) is 8.35. The summed E-state index contributed by atoms with van der Waals surface area (Å²) in [5.41, 5.74) is 5.87. The summed E-state index contributed by atoms with van der Waals surface area (Å²) in [6.07, 6.45) is 0. The van der Waals surface area contributed by atoms with Crippen molar-refractivity contribution < 1.29 is 35.9 Å². The van der Waals surface area contributed by atoms with Crippen LogP contribution in [-0.4, -0.2) is 19.5 Å². The maximum absolute atomic E-state index is 13.3. The van der Waals surface area contributed by atoms with E-state index in [4.69, 9.17) is 10.6 Å². The van der Waals surface area contributed by atoms with E-state index in [0.717, 1.165) is 0 Å². The Labute approximate surface area is 101 Å². The molecular formula is C7HF4N3O4S. The van der Waals surface area contributed by atoms with Gasteiger partial charge in [-0.1, -0.05) is 0 Å². The average Bonchev–Trinajstić information content (AvgIpc) is 2.26. The van der Waals surface area contributed by atoms with Crippen molar-refractivity contribution in [3.63, 3.8) is 0 Å². The van der Waals surface area contributed by atoms with Crippen LogP contribution in [0.25, 0.3) is 10.4 Å². The Morgan fingerprint density at radius 2 is 1.53 bits per heavy atom. The number of halogens is 4. The molecular weight excluding hydrogens is 298 g/mol. The van der Waals surface area contributed by atoms with Gasteiger partial charge in [0.2, 0.25) is 0 Å². The largest absolute Gasteiger partial charge is 0.477 e. The standard InChI is InChI=1S/C7HF4N3O4S/c8-2-1(7(15)16)3(9)5(11)6(4(2)10)19(17,18)14-13-12/h(H,15,16). The van der Waals surface area contributed by atoms with Crippen molar-refractivity contribution in [3.05, 3.63) is 39.3 Å². The molecule has 1 aromatic carbocycles. The number of carboxylic acids is 1. The van der Waals surface area contributed by atoms with Crippen molar-refractivity contribution >= 4 is 16.0 Å². The molecule has 0 radical (unpaired) electrons. The Kier molecular flexibility index (Phi) is 3.68. The molecule has 0 aliphatic carbocycles. The monoisotopic (exact) mass is 299 g/mol. The van der Waals surface area contributed by atoms with Gasteiger partial charge in [0.15, 0.2) is 28.2 Å². The maximum atomic E-state index is 13.3. The second kappa shape index (κ2) is 4.74. The van der Waals surface area contributed by atoms with Gasteiger partial charge in [-0.05, 0) is 5.53 Å². The van der Waals surface area contributed by atoms with E-state index in [0.29, 0.717) is 0 Å². The number of hydrogen-bond acceptors (Lipinski definition) is 3. The molecule has 12 heteroatoms. The van der Waals surface area contributed by atoms with Crippen LogP contribution < -0.4 is 0 Å². The highest BCUT2D eigenvalue weighted by molar-refractivity contribution is 7.90. The van der Waals surface area contributed by atoms with Gasteiger partial charge in [-0.15, -0.1) is 0 Å². The lowest BCUT2D eigenvalue weighted by atomic mass is 10.2. The van der Waals surface area contributed by atoms with E-state index >= 15 is 0 Å². The molecule has 19 heavy (non-hydrogen) atoms. The molecule has 0 aromatic heterocycles. The number of carbonyl (C=O) groups is 1. The zero-order valence-corrected chi connectivity index (χ0v) is 9.25. The van der Waals surface area contributed by atoms with Crippen LogP contribution in [0.5, 0.6) is 0 Å². The fourth-order valence-corrected chi connectivity index (χ4v) is 1.92. The summed E-state index contributed by atoms with van der Waals surface area (Å²) in [6.45, 7) is 0. The van der Waals surface area contributed by atoms with E-state index < -0.39 is 49.7 Å². The number of aromatic carboxylic acids is 1. The first-order valence-corrected chi connectivity index (χ1v) is 5.49. The second-order valence-electron chi connectivity index (χ2n) is 2.91. The first kappa shape index (κ1) is 14.7. The Hall–Kier alpha value is -2.33. The Morgan fingerprint density at radius 3 is 1.84 bits per heavy atom.